The van der Waals surface area contributed by atoms with Crippen LogP contribution in [0.1, 0.15) is 12.8 Å². The average Bonchev–Trinajstić information content (AvgIpc) is 1.61. The molecule has 0 rings (SSSR count). The summed E-state index contributed by atoms with van der Waals surface area (Å²) in [6.07, 6.45) is 6.77. The molecule has 1 heteroatoms. The molecular weight excluding hydrogens is 152 g/mol. The van der Waals surface area contributed by atoms with E-state index in [0.717, 1.165) is 12.8 Å². The lowest BCUT2D eigenvalue weighted by Gasteiger charge is -1.93. The molecule has 0 bridgehead atoms. The minimum absolute atomic E-state index is 0.323. The Morgan fingerprint density at radius 1 is 1.86 bits per heavy atom. The van der Waals surface area contributed by atoms with Crippen LogP contribution in [0.2, 0.25) is 0 Å². The highest BCUT2D eigenvalue weighted by molar-refractivity contribution is 9.09. The summed E-state index contributed by atoms with van der Waals surface area (Å²) in [5.41, 5.74) is 0. The Bertz CT molecular complexity index is 68.7. The normalized spacial score (nSPS) is 12.7. The summed E-state index contributed by atoms with van der Waals surface area (Å²) in [4.78, 5) is 0.323. The molecule has 7 heavy (non-hydrogen) atoms. The van der Waals surface area contributed by atoms with Gasteiger partial charge in [-0.15, -0.1) is 12.3 Å². The van der Waals surface area contributed by atoms with Crippen LogP contribution in [0.25, 0.3) is 0 Å². The first kappa shape index (κ1) is 7.04. The van der Waals surface area contributed by atoms with Crippen LogP contribution in [-0.2, 0) is 0 Å². The molecule has 1 unspecified atom stereocenters. The third-order valence-electron chi connectivity index (χ3n) is 0.602. The van der Waals surface area contributed by atoms with Gasteiger partial charge < -0.3 is 0 Å². The molecule has 0 nitrogen and oxygen atoms in total. The zero-order valence-electron chi connectivity index (χ0n) is 4.15. The van der Waals surface area contributed by atoms with Crippen molar-refractivity contribution < 1.29 is 0 Å². The van der Waals surface area contributed by atoms with Gasteiger partial charge in [0, 0.05) is 11.2 Å². The average molecular weight is 160 g/mol. The molecule has 0 aliphatic rings. The predicted octanol–water partition coefficient (Wildman–Crippen LogP) is 2.00. The first-order valence-electron chi connectivity index (χ1n) is 2.18. The summed E-state index contributed by atoms with van der Waals surface area (Å²) >= 11 is 3.27. The van der Waals surface area contributed by atoms with Crippen molar-refractivity contribution in [2.45, 2.75) is 17.7 Å². The topological polar surface area (TPSA) is 0 Å². The summed E-state index contributed by atoms with van der Waals surface area (Å²) in [6, 6.07) is 0. The molecule has 39 valence electrons. The van der Waals surface area contributed by atoms with E-state index in [1.165, 1.54) is 0 Å². The lowest BCUT2D eigenvalue weighted by atomic mass is 10.3. The fourth-order valence-corrected chi connectivity index (χ4v) is 0.469. The quantitative estimate of drug-likeness (QED) is 0.428. The fraction of sp³-hybridized carbons (Fsp3) is 0.500. The highest BCUT2D eigenvalue weighted by Gasteiger charge is 1.89. The maximum absolute atomic E-state index is 4.98. The van der Waals surface area contributed by atoms with Gasteiger partial charge in [0.05, 0.1) is 0 Å². The third kappa shape index (κ3) is 6.04. The van der Waals surface area contributed by atoms with Crippen LogP contribution in [0.3, 0.4) is 0 Å². The van der Waals surface area contributed by atoms with E-state index in [-0.39, 0.29) is 0 Å². The van der Waals surface area contributed by atoms with Crippen molar-refractivity contribution in [1.82, 2.24) is 0 Å². The number of alkyl halides is 1. The van der Waals surface area contributed by atoms with E-state index in [0.29, 0.717) is 4.83 Å². The summed E-state index contributed by atoms with van der Waals surface area (Å²) in [6.45, 7) is 3.70. The Morgan fingerprint density at radius 3 is 2.57 bits per heavy atom. The number of hydrogen-bond acceptors (Lipinski definition) is 0. The first-order valence-corrected chi connectivity index (χ1v) is 3.09. The zero-order valence-corrected chi connectivity index (χ0v) is 5.74. The van der Waals surface area contributed by atoms with Gasteiger partial charge >= 0.3 is 0 Å². The fourth-order valence-electron chi connectivity index (χ4n) is 0.240. The van der Waals surface area contributed by atoms with Crippen LogP contribution in [0, 0.1) is 19.3 Å². The van der Waals surface area contributed by atoms with Crippen LogP contribution < -0.4 is 0 Å². The summed E-state index contributed by atoms with van der Waals surface area (Å²) in [5.74, 6) is 2.53. The van der Waals surface area contributed by atoms with Crippen molar-refractivity contribution in [3.63, 3.8) is 0 Å². The summed E-state index contributed by atoms with van der Waals surface area (Å²) < 4.78 is 0. The van der Waals surface area contributed by atoms with Gasteiger partial charge in [-0.3, -0.25) is 0 Å². The van der Waals surface area contributed by atoms with Crippen LogP contribution in [0.5, 0.6) is 0 Å². The van der Waals surface area contributed by atoms with Crippen molar-refractivity contribution in [3.05, 3.63) is 6.92 Å². The van der Waals surface area contributed by atoms with E-state index in [9.17, 15) is 0 Å². The molecule has 0 heterocycles. The monoisotopic (exact) mass is 159 g/mol. The van der Waals surface area contributed by atoms with Crippen LogP contribution >= 0.6 is 15.9 Å². The number of rotatable bonds is 2. The van der Waals surface area contributed by atoms with Crippen molar-refractivity contribution in [2.24, 2.45) is 0 Å². The Kier molecular flexibility index (Phi) is 4.23. The summed E-state index contributed by atoms with van der Waals surface area (Å²) in [7, 11) is 0. The van der Waals surface area contributed by atoms with E-state index >= 15 is 0 Å². The number of terminal acetylenes is 1. The molecule has 1 atom stereocenters. The second-order valence-electron chi connectivity index (χ2n) is 1.34. The molecule has 0 aliphatic carbocycles. The second kappa shape index (κ2) is 4.21. The van der Waals surface area contributed by atoms with E-state index in [1.807, 2.05) is 0 Å². The maximum Gasteiger partial charge on any atom is 0.0155 e. The zero-order chi connectivity index (χ0) is 5.70. The highest BCUT2D eigenvalue weighted by atomic mass is 79.9. The lowest BCUT2D eigenvalue weighted by molar-refractivity contribution is 0.911. The second-order valence-corrected chi connectivity index (χ2v) is 2.64. The number of halogens is 1. The van der Waals surface area contributed by atoms with Gasteiger partial charge in [0.25, 0.3) is 0 Å². The molecule has 1 radical (unpaired) electrons. The Balaban J connectivity index is 2.86. The SMILES string of the molecule is C#CCCC([CH2])Br. The van der Waals surface area contributed by atoms with Gasteiger partial charge in [-0.25, -0.2) is 0 Å². The molecule has 0 amide bonds. The van der Waals surface area contributed by atoms with Crippen molar-refractivity contribution in [1.29, 1.82) is 0 Å². The molecule has 0 aromatic carbocycles. The van der Waals surface area contributed by atoms with Gasteiger partial charge in [-0.05, 0) is 13.3 Å². The molecule has 0 aromatic heterocycles. The van der Waals surface area contributed by atoms with Gasteiger partial charge in [0.1, 0.15) is 0 Å². The Hall–Kier alpha value is 0.0400. The van der Waals surface area contributed by atoms with E-state index < -0.39 is 0 Å². The third-order valence-corrected chi connectivity index (χ3v) is 1.06. The van der Waals surface area contributed by atoms with Crippen LogP contribution in [-0.4, -0.2) is 4.83 Å². The molecule has 0 saturated carbocycles. The molecule has 0 saturated heterocycles. The standard InChI is InChI=1S/C6H8Br/c1-3-4-5-6(2)7/h1,6H,2,4-5H2. The van der Waals surface area contributed by atoms with Gasteiger partial charge in [-0.1, -0.05) is 15.9 Å². The van der Waals surface area contributed by atoms with Crippen molar-refractivity contribution in [3.8, 4) is 12.3 Å². The Morgan fingerprint density at radius 2 is 2.43 bits per heavy atom. The van der Waals surface area contributed by atoms with E-state index in [1.54, 1.807) is 0 Å². The van der Waals surface area contributed by atoms with Crippen LogP contribution in [0.15, 0.2) is 0 Å². The van der Waals surface area contributed by atoms with E-state index in [4.69, 9.17) is 6.42 Å². The molecule has 0 spiro atoms. The first-order chi connectivity index (χ1) is 3.27. The van der Waals surface area contributed by atoms with Crippen LogP contribution in [0.4, 0.5) is 0 Å². The summed E-state index contributed by atoms with van der Waals surface area (Å²) in [5, 5.41) is 0. The smallest absolute Gasteiger partial charge is 0.0155 e. The van der Waals surface area contributed by atoms with E-state index in [2.05, 4.69) is 28.8 Å². The molecular formula is C6H8Br. The lowest BCUT2D eigenvalue weighted by Crippen LogP contribution is -1.86. The maximum atomic E-state index is 4.98. The minimum Gasteiger partial charge on any atom is -0.120 e. The van der Waals surface area contributed by atoms with Gasteiger partial charge in [0.15, 0.2) is 0 Å². The Labute approximate surface area is 53.4 Å². The van der Waals surface area contributed by atoms with Crippen molar-refractivity contribution in [2.75, 3.05) is 0 Å². The van der Waals surface area contributed by atoms with Gasteiger partial charge in [0.2, 0.25) is 0 Å². The largest absolute Gasteiger partial charge is 0.120 e. The predicted molar refractivity (Wildman–Crippen MR) is 36.1 cm³/mol. The minimum atomic E-state index is 0.323. The van der Waals surface area contributed by atoms with Gasteiger partial charge in [-0.2, -0.15) is 0 Å². The molecule has 0 aromatic rings. The molecule has 0 N–H and O–H groups in total. The molecule has 0 fully saturated rings. The molecule has 0 aliphatic heterocycles. The van der Waals surface area contributed by atoms with Crippen molar-refractivity contribution >= 4 is 15.9 Å². The highest BCUT2D eigenvalue weighted by Crippen LogP contribution is 2.03. The number of hydrogen-bond donors (Lipinski definition) is 0.